The predicted molar refractivity (Wildman–Crippen MR) is 83.9 cm³/mol. The molecule has 9 heteroatoms. The van der Waals surface area contributed by atoms with E-state index in [2.05, 4.69) is 20.2 Å². The van der Waals surface area contributed by atoms with Crippen LogP contribution in [0.1, 0.15) is 28.5 Å². The van der Waals surface area contributed by atoms with Crippen LogP contribution in [0.3, 0.4) is 0 Å². The molecule has 1 amide bonds. The summed E-state index contributed by atoms with van der Waals surface area (Å²) in [5.74, 6) is 0.0927. The van der Waals surface area contributed by atoms with Crippen molar-refractivity contribution in [3.63, 3.8) is 0 Å². The number of carbonyl (C=O) groups is 1. The van der Waals surface area contributed by atoms with Gasteiger partial charge < -0.3 is 9.32 Å². The first-order chi connectivity index (χ1) is 12.2. The zero-order valence-electron chi connectivity index (χ0n) is 13.2. The molecule has 1 saturated heterocycles. The van der Waals surface area contributed by atoms with Crippen LogP contribution < -0.4 is 0 Å². The largest absolute Gasteiger partial charge is 0.448 e. The average molecular weight is 342 g/mol. The quantitative estimate of drug-likeness (QED) is 0.697. The van der Waals surface area contributed by atoms with Gasteiger partial charge in [-0.2, -0.15) is 15.0 Å². The van der Waals surface area contributed by atoms with Gasteiger partial charge in [0, 0.05) is 12.2 Å². The Morgan fingerprint density at radius 3 is 2.80 bits per heavy atom. The standard InChI is InChI=1S/C16H15FN6O2/c17-8-12-3-6-22(12)16(24)14-10-25-15(21-14)7-11-1-2-13(9-18-11)23-19-4-5-20-23/h1-2,4-5,9-10,12H,3,6-8H2. The van der Waals surface area contributed by atoms with E-state index in [0.29, 0.717) is 25.3 Å². The van der Waals surface area contributed by atoms with Crippen LogP contribution in [0.4, 0.5) is 4.39 Å². The Labute approximate surface area is 142 Å². The second-order valence-corrected chi connectivity index (χ2v) is 5.72. The number of pyridine rings is 1. The fraction of sp³-hybridized carbons (Fsp3) is 0.312. The van der Waals surface area contributed by atoms with E-state index in [-0.39, 0.29) is 17.6 Å². The normalized spacial score (nSPS) is 16.7. The summed E-state index contributed by atoms with van der Waals surface area (Å²) in [7, 11) is 0. The van der Waals surface area contributed by atoms with E-state index in [1.54, 1.807) is 18.6 Å². The molecule has 0 aliphatic carbocycles. The summed E-state index contributed by atoms with van der Waals surface area (Å²) in [6.07, 6.45) is 7.18. The molecular weight excluding hydrogens is 327 g/mol. The van der Waals surface area contributed by atoms with Crippen LogP contribution in [0, 0.1) is 0 Å². The number of hydrogen-bond acceptors (Lipinski definition) is 6. The maximum Gasteiger partial charge on any atom is 0.276 e. The smallest absolute Gasteiger partial charge is 0.276 e. The summed E-state index contributed by atoms with van der Waals surface area (Å²) in [4.78, 5) is 23.7. The van der Waals surface area contributed by atoms with Crippen LogP contribution in [0.5, 0.6) is 0 Å². The summed E-state index contributed by atoms with van der Waals surface area (Å²) in [5.41, 5.74) is 1.68. The Morgan fingerprint density at radius 2 is 2.16 bits per heavy atom. The maximum absolute atomic E-state index is 12.7. The monoisotopic (exact) mass is 342 g/mol. The van der Waals surface area contributed by atoms with Crippen molar-refractivity contribution in [2.45, 2.75) is 18.9 Å². The van der Waals surface area contributed by atoms with Gasteiger partial charge >= 0.3 is 0 Å². The van der Waals surface area contributed by atoms with Crippen molar-refractivity contribution in [2.24, 2.45) is 0 Å². The summed E-state index contributed by atoms with van der Waals surface area (Å²) in [5, 5.41) is 8.06. The molecule has 1 atom stereocenters. The van der Waals surface area contributed by atoms with Gasteiger partial charge in [0.1, 0.15) is 18.6 Å². The lowest BCUT2D eigenvalue weighted by Gasteiger charge is -2.38. The van der Waals surface area contributed by atoms with Crippen molar-refractivity contribution < 1.29 is 13.6 Å². The third-order valence-electron chi connectivity index (χ3n) is 4.14. The predicted octanol–water partition coefficient (Wildman–Crippen LogP) is 1.43. The first kappa shape index (κ1) is 15.4. The topological polar surface area (TPSA) is 89.9 Å². The zero-order chi connectivity index (χ0) is 17.2. The maximum atomic E-state index is 12.7. The van der Waals surface area contributed by atoms with Gasteiger partial charge in [0.25, 0.3) is 5.91 Å². The Kier molecular flexibility index (Phi) is 3.96. The van der Waals surface area contributed by atoms with Crippen LogP contribution in [0.2, 0.25) is 0 Å². The summed E-state index contributed by atoms with van der Waals surface area (Å²) < 4.78 is 18.1. The number of nitrogens with zero attached hydrogens (tertiary/aromatic N) is 6. The highest BCUT2D eigenvalue weighted by atomic mass is 19.1. The molecule has 25 heavy (non-hydrogen) atoms. The Hall–Kier alpha value is -3.10. The van der Waals surface area contributed by atoms with Crippen molar-refractivity contribution in [2.75, 3.05) is 13.2 Å². The van der Waals surface area contributed by atoms with Gasteiger partial charge in [-0.1, -0.05) is 0 Å². The van der Waals surface area contributed by atoms with Crippen LogP contribution >= 0.6 is 0 Å². The van der Waals surface area contributed by atoms with Gasteiger partial charge in [-0.25, -0.2) is 9.37 Å². The Bertz CT molecular complexity index is 859. The van der Waals surface area contributed by atoms with Crippen LogP contribution in [0.25, 0.3) is 5.69 Å². The molecule has 1 aliphatic heterocycles. The second-order valence-electron chi connectivity index (χ2n) is 5.72. The molecule has 0 spiro atoms. The zero-order valence-corrected chi connectivity index (χ0v) is 13.2. The molecule has 4 heterocycles. The van der Waals surface area contributed by atoms with E-state index < -0.39 is 6.67 Å². The number of alkyl halides is 1. The molecule has 0 radical (unpaired) electrons. The van der Waals surface area contributed by atoms with Crippen molar-refractivity contribution in [3.8, 4) is 5.69 Å². The molecule has 1 fully saturated rings. The van der Waals surface area contributed by atoms with E-state index in [4.69, 9.17) is 4.42 Å². The summed E-state index contributed by atoms with van der Waals surface area (Å²) >= 11 is 0. The third kappa shape index (κ3) is 3.00. The minimum absolute atomic E-state index is 0.200. The molecule has 0 aromatic carbocycles. The molecule has 0 bridgehead atoms. The van der Waals surface area contributed by atoms with Crippen LogP contribution in [-0.2, 0) is 6.42 Å². The molecule has 3 aromatic rings. The second kappa shape index (κ2) is 6.42. The van der Waals surface area contributed by atoms with E-state index in [1.807, 2.05) is 12.1 Å². The lowest BCUT2D eigenvalue weighted by atomic mass is 10.0. The first-order valence-electron chi connectivity index (χ1n) is 7.87. The highest BCUT2D eigenvalue weighted by Gasteiger charge is 2.34. The number of oxazole rings is 1. The van der Waals surface area contributed by atoms with Crippen molar-refractivity contribution in [1.29, 1.82) is 0 Å². The molecule has 8 nitrogen and oxygen atoms in total. The Balaban J connectivity index is 1.43. The number of rotatable bonds is 5. The number of amides is 1. The van der Waals surface area contributed by atoms with Crippen molar-refractivity contribution in [1.82, 2.24) is 29.9 Å². The molecule has 0 saturated carbocycles. The molecule has 128 valence electrons. The van der Waals surface area contributed by atoms with Gasteiger partial charge in [0.15, 0.2) is 5.69 Å². The molecule has 4 rings (SSSR count). The number of hydrogen-bond donors (Lipinski definition) is 0. The number of aromatic nitrogens is 5. The third-order valence-corrected chi connectivity index (χ3v) is 4.14. The lowest BCUT2D eigenvalue weighted by Crippen LogP contribution is -2.52. The minimum atomic E-state index is -0.530. The highest BCUT2D eigenvalue weighted by Crippen LogP contribution is 2.21. The molecule has 1 aliphatic rings. The molecule has 3 aromatic heterocycles. The minimum Gasteiger partial charge on any atom is -0.448 e. The van der Waals surface area contributed by atoms with E-state index in [9.17, 15) is 9.18 Å². The average Bonchev–Trinajstić information content (AvgIpc) is 3.27. The van der Waals surface area contributed by atoms with E-state index in [0.717, 1.165) is 11.4 Å². The number of halogens is 1. The first-order valence-corrected chi connectivity index (χ1v) is 7.87. The van der Waals surface area contributed by atoms with Crippen molar-refractivity contribution >= 4 is 5.91 Å². The fourth-order valence-corrected chi connectivity index (χ4v) is 2.65. The number of likely N-dealkylation sites (tertiary alicyclic amines) is 1. The van der Waals surface area contributed by atoms with Gasteiger partial charge in [-0.15, -0.1) is 0 Å². The number of carbonyl (C=O) groups excluding carboxylic acids is 1. The molecule has 1 unspecified atom stereocenters. The van der Waals surface area contributed by atoms with Crippen molar-refractivity contribution in [3.05, 3.63) is 54.3 Å². The Morgan fingerprint density at radius 1 is 1.32 bits per heavy atom. The summed E-state index contributed by atoms with van der Waals surface area (Å²) in [6.45, 7) is 0.0257. The SMILES string of the molecule is O=C(c1coc(Cc2ccc(-n3nccn3)cn2)n1)N1CCC1CF. The molecule has 0 N–H and O–H groups in total. The van der Waals surface area contributed by atoms with Gasteiger partial charge in [-0.3, -0.25) is 9.78 Å². The van der Waals surface area contributed by atoms with Gasteiger partial charge in [-0.05, 0) is 18.6 Å². The van der Waals surface area contributed by atoms with Gasteiger partial charge in [0.2, 0.25) is 5.89 Å². The molecular formula is C16H15FN6O2. The lowest BCUT2D eigenvalue weighted by molar-refractivity contribution is 0.0396. The van der Waals surface area contributed by atoms with E-state index in [1.165, 1.54) is 16.0 Å². The van der Waals surface area contributed by atoms with Crippen LogP contribution in [-0.4, -0.2) is 55.0 Å². The van der Waals surface area contributed by atoms with Gasteiger partial charge in [0.05, 0.1) is 31.1 Å². The fourth-order valence-electron chi connectivity index (χ4n) is 2.65. The van der Waals surface area contributed by atoms with E-state index >= 15 is 0 Å². The van der Waals surface area contributed by atoms with Crippen LogP contribution in [0.15, 0.2) is 41.4 Å². The highest BCUT2D eigenvalue weighted by molar-refractivity contribution is 5.92. The summed E-state index contributed by atoms with van der Waals surface area (Å²) in [6, 6.07) is 3.32.